The minimum Gasteiger partial charge on any atom is -0.494 e. The van der Waals surface area contributed by atoms with E-state index in [0.717, 1.165) is 18.5 Å². The van der Waals surface area contributed by atoms with Crippen LogP contribution in [0.1, 0.15) is 26.2 Å². The maximum absolute atomic E-state index is 12.5. The van der Waals surface area contributed by atoms with Crippen molar-refractivity contribution in [1.29, 1.82) is 0 Å². The highest BCUT2D eigenvalue weighted by Crippen LogP contribution is 2.24. The molecule has 0 aliphatic carbocycles. The molecule has 1 saturated heterocycles. The average molecular weight is 374 g/mol. The molecule has 3 rings (SSSR count). The molecule has 0 atom stereocenters. The SMILES string of the molecule is CCOc1ccc(S(=O)(=O)Nc2ccc(N3CCCCC3=O)cc2)cc1. The number of carbonyl (C=O) groups excluding carboxylic acids is 1. The Labute approximate surface area is 153 Å². The zero-order chi connectivity index (χ0) is 18.6. The fourth-order valence-electron chi connectivity index (χ4n) is 2.88. The first-order valence-electron chi connectivity index (χ1n) is 8.66. The van der Waals surface area contributed by atoms with Crippen molar-refractivity contribution in [3.05, 3.63) is 48.5 Å². The van der Waals surface area contributed by atoms with E-state index >= 15 is 0 Å². The highest BCUT2D eigenvalue weighted by Gasteiger charge is 2.20. The summed E-state index contributed by atoms with van der Waals surface area (Å²) in [6.45, 7) is 3.10. The molecule has 26 heavy (non-hydrogen) atoms. The third-order valence-electron chi connectivity index (χ3n) is 4.20. The summed E-state index contributed by atoms with van der Waals surface area (Å²) in [6.07, 6.45) is 2.47. The number of anilines is 2. The Kier molecular flexibility index (Phi) is 5.46. The number of sulfonamides is 1. The van der Waals surface area contributed by atoms with Crippen LogP contribution in [0.15, 0.2) is 53.4 Å². The molecule has 2 aromatic rings. The molecule has 2 aromatic carbocycles. The summed E-state index contributed by atoms with van der Waals surface area (Å²) in [6, 6.07) is 13.1. The van der Waals surface area contributed by atoms with Gasteiger partial charge in [0.15, 0.2) is 0 Å². The van der Waals surface area contributed by atoms with E-state index in [1.54, 1.807) is 41.3 Å². The molecule has 0 aromatic heterocycles. The van der Waals surface area contributed by atoms with Crippen molar-refractivity contribution >= 4 is 27.3 Å². The van der Waals surface area contributed by atoms with Gasteiger partial charge >= 0.3 is 0 Å². The molecule has 1 fully saturated rings. The summed E-state index contributed by atoms with van der Waals surface area (Å²) in [5.74, 6) is 0.737. The molecule has 0 radical (unpaired) electrons. The standard InChI is InChI=1S/C19H22N2O4S/c1-2-25-17-10-12-18(13-11-17)26(23,24)20-15-6-8-16(9-7-15)21-14-4-3-5-19(21)22/h6-13,20H,2-5,14H2,1H3. The molecular weight excluding hydrogens is 352 g/mol. The first kappa shape index (κ1) is 18.3. The van der Waals surface area contributed by atoms with Crippen LogP contribution in [0.5, 0.6) is 5.75 Å². The minimum absolute atomic E-state index is 0.110. The largest absolute Gasteiger partial charge is 0.494 e. The van der Waals surface area contributed by atoms with Gasteiger partial charge in [0, 0.05) is 24.3 Å². The molecule has 0 spiro atoms. The molecule has 138 valence electrons. The first-order valence-corrected chi connectivity index (χ1v) is 10.1. The lowest BCUT2D eigenvalue weighted by molar-refractivity contribution is -0.119. The molecule has 1 N–H and O–H groups in total. The van der Waals surface area contributed by atoms with Crippen LogP contribution in [0, 0.1) is 0 Å². The maximum Gasteiger partial charge on any atom is 0.261 e. The molecule has 1 aliphatic rings. The highest BCUT2D eigenvalue weighted by atomic mass is 32.2. The van der Waals surface area contributed by atoms with Crippen molar-refractivity contribution in [2.75, 3.05) is 22.8 Å². The summed E-state index contributed by atoms with van der Waals surface area (Å²) in [5, 5.41) is 0. The second-order valence-electron chi connectivity index (χ2n) is 6.06. The maximum atomic E-state index is 12.5. The Hall–Kier alpha value is -2.54. The van der Waals surface area contributed by atoms with Crippen molar-refractivity contribution in [3.63, 3.8) is 0 Å². The Balaban J connectivity index is 1.72. The lowest BCUT2D eigenvalue weighted by atomic mass is 10.1. The number of amides is 1. The Morgan fingerprint density at radius 3 is 2.35 bits per heavy atom. The molecule has 7 heteroatoms. The number of benzene rings is 2. The van der Waals surface area contributed by atoms with Gasteiger partial charge in [-0.3, -0.25) is 9.52 Å². The quantitative estimate of drug-likeness (QED) is 0.841. The molecular formula is C19H22N2O4S. The number of piperidine rings is 1. The van der Waals surface area contributed by atoms with Gasteiger partial charge in [-0.15, -0.1) is 0 Å². The van der Waals surface area contributed by atoms with Gasteiger partial charge in [-0.1, -0.05) is 0 Å². The van der Waals surface area contributed by atoms with E-state index in [0.29, 0.717) is 31.0 Å². The number of nitrogens with one attached hydrogen (secondary N) is 1. The summed E-state index contributed by atoms with van der Waals surface area (Å²) >= 11 is 0. The Bertz CT molecular complexity index is 861. The van der Waals surface area contributed by atoms with Gasteiger partial charge in [0.1, 0.15) is 5.75 Å². The van der Waals surface area contributed by atoms with Crippen molar-refractivity contribution in [3.8, 4) is 5.75 Å². The number of hydrogen-bond acceptors (Lipinski definition) is 4. The van der Waals surface area contributed by atoms with Gasteiger partial charge in [0.2, 0.25) is 5.91 Å². The van der Waals surface area contributed by atoms with E-state index < -0.39 is 10.0 Å². The van der Waals surface area contributed by atoms with Crippen LogP contribution in [0.4, 0.5) is 11.4 Å². The molecule has 6 nitrogen and oxygen atoms in total. The number of hydrogen-bond donors (Lipinski definition) is 1. The first-order chi connectivity index (χ1) is 12.5. The third kappa shape index (κ3) is 4.16. The molecule has 0 bridgehead atoms. The zero-order valence-electron chi connectivity index (χ0n) is 14.6. The van der Waals surface area contributed by atoms with E-state index in [4.69, 9.17) is 4.74 Å². The van der Waals surface area contributed by atoms with E-state index in [9.17, 15) is 13.2 Å². The van der Waals surface area contributed by atoms with Crippen molar-refractivity contribution < 1.29 is 17.9 Å². The van der Waals surface area contributed by atoms with Crippen molar-refractivity contribution in [2.24, 2.45) is 0 Å². The topological polar surface area (TPSA) is 75.7 Å². The van der Waals surface area contributed by atoms with Gasteiger partial charge in [0.25, 0.3) is 10.0 Å². The van der Waals surface area contributed by atoms with Gasteiger partial charge in [0.05, 0.1) is 11.5 Å². The van der Waals surface area contributed by atoms with Crippen LogP contribution in [0.3, 0.4) is 0 Å². The Morgan fingerprint density at radius 2 is 1.73 bits per heavy atom. The van der Waals surface area contributed by atoms with Crippen molar-refractivity contribution in [1.82, 2.24) is 0 Å². The summed E-state index contributed by atoms with van der Waals surface area (Å²) in [5.41, 5.74) is 1.24. The predicted octanol–water partition coefficient (Wildman–Crippen LogP) is 3.40. The molecule has 0 saturated carbocycles. The number of carbonyl (C=O) groups is 1. The van der Waals surface area contributed by atoms with Gasteiger partial charge in [-0.2, -0.15) is 0 Å². The highest BCUT2D eigenvalue weighted by molar-refractivity contribution is 7.92. The van der Waals surface area contributed by atoms with Gasteiger partial charge < -0.3 is 9.64 Å². The monoisotopic (exact) mass is 374 g/mol. The smallest absolute Gasteiger partial charge is 0.261 e. The fraction of sp³-hybridized carbons (Fsp3) is 0.316. The zero-order valence-corrected chi connectivity index (χ0v) is 15.5. The fourth-order valence-corrected chi connectivity index (χ4v) is 3.94. The van der Waals surface area contributed by atoms with E-state index in [1.807, 2.05) is 6.92 Å². The molecule has 1 heterocycles. The lowest BCUT2D eigenvalue weighted by Gasteiger charge is -2.26. The van der Waals surface area contributed by atoms with Crippen LogP contribution in [0.2, 0.25) is 0 Å². The second kappa shape index (κ2) is 7.78. The predicted molar refractivity (Wildman–Crippen MR) is 101 cm³/mol. The van der Waals surface area contributed by atoms with Gasteiger partial charge in [-0.05, 0) is 68.3 Å². The normalized spacial score (nSPS) is 15.0. The summed E-state index contributed by atoms with van der Waals surface area (Å²) < 4.78 is 32.9. The van der Waals surface area contributed by atoms with Crippen LogP contribution < -0.4 is 14.4 Å². The second-order valence-corrected chi connectivity index (χ2v) is 7.74. The molecule has 0 unspecified atom stereocenters. The van der Waals surface area contributed by atoms with Crippen LogP contribution in [-0.4, -0.2) is 27.5 Å². The van der Waals surface area contributed by atoms with Crippen molar-refractivity contribution in [2.45, 2.75) is 31.1 Å². The van der Waals surface area contributed by atoms with Crippen LogP contribution in [-0.2, 0) is 14.8 Å². The third-order valence-corrected chi connectivity index (χ3v) is 5.60. The molecule has 1 aliphatic heterocycles. The van der Waals surface area contributed by atoms with E-state index in [1.165, 1.54) is 12.1 Å². The summed E-state index contributed by atoms with van der Waals surface area (Å²) in [4.78, 5) is 13.9. The van der Waals surface area contributed by atoms with Gasteiger partial charge in [-0.25, -0.2) is 8.42 Å². The van der Waals surface area contributed by atoms with E-state index in [-0.39, 0.29) is 10.8 Å². The van der Waals surface area contributed by atoms with E-state index in [2.05, 4.69) is 4.72 Å². The molecule has 1 amide bonds. The number of ether oxygens (including phenoxy) is 1. The number of nitrogens with zero attached hydrogens (tertiary/aromatic N) is 1. The average Bonchev–Trinajstić information content (AvgIpc) is 2.63. The minimum atomic E-state index is -3.68. The Morgan fingerprint density at radius 1 is 1.04 bits per heavy atom. The van der Waals surface area contributed by atoms with Crippen LogP contribution in [0.25, 0.3) is 0 Å². The summed E-state index contributed by atoms with van der Waals surface area (Å²) in [7, 11) is -3.68. The lowest BCUT2D eigenvalue weighted by Crippen LogP contribution is -2.35. The number of rotatable bonds is 6. The van der Waals surface area contributed by atoms with Crippen LogP contribution >= 0.6 is 0 Å².